The molecule has 0 saturated carbocycles. The van der Waals surface area contributed by atoms with Crippen molar-refractivity contribution in [3.8, 4) is 5.69 Å². The molecule has 0 fully saturated rings. The number of hydrogen-bond acceptors (Lipinski definition) is 6. The molecule has 0 spiro atoms. The maximum absolute atomic E-state index is 11.5. The minimum Gasteiger partial charge on any atom is -0.337 e. The second-order valence-electron chi connectivity index (χ2n) is 11.4. The van der Waals surface area contributed by atoms with E-state index in [1.807, 2.05) is 77.5 Å². The van der Waals surface area contributed by atoms with Crippen LogP contribution in [-0.4, -0.2) is 27.4 Å². The lowest BCUT2D eigenvalue weighted by Gasteiger charge is -2.40. The van der Waals surface area contributed by atoms with Crippen LogP contribution < -0.4 is 15.5 Å². The van der Waals surface area contributed by atoms with Crippen LogP contribution in [0.4, 0.5) is 28.6 Å². The quantitative estimate of drug-likeness (QED) is 0.221. The number of hydrogen-bond donors (Lipinski definition) is 2. The van der Waals surface area contributed by atoms with Crippen molar-refractivity contribution in [3.05, 3.63) is 126 Å². The van der Waals surface area contributed by atoms with Gasteiger partial charge < -0.3 is 15.5 Å². The number of para-hydroxylation sites is 3. The van der Waals surface area contributed by atoms with Gasteiger partial charge in [0.2, 0.25) is 5.91 Å². The average molecular weight is 580 g/mol. The lowest BCUT2D eigenvalue weighted by Crippen LogP contribution is -2.46. The number of aryl methyl sites for hydroxylation is 1. The molecule has 44 heavy (non-hydrogen) atoms. The monoisotopic (exact) mass is 579 g/mol. The topological polar surface area (TPSA) is 86.9 Å². The number of fused-ring (bicyclic) bond motifs is 4. The minimum atomic E-state index is -0.188. The van der Waals surface area contributed by atoms with Gasteiger partial charge in [0.25, 0.3) is 0 Å². The van der Waals surface area contributed by atoms with Gasteiger partial charge in [0, 0.05) is 23.9 Å². The molecular formula is C36H33N7O. The molecule has 1 aromatic heterocycles. The first-order valence-corrected chi connectivity index (χ1v) is 14.8. The Morgan fingerprint density at radius 1 is 0.818 bits per heavy atom. The van der Waals surface area contributed by atoms with E-state index in [0.717, 1.165) is 51.1 Å². The summed E-state index contributed by atoms with van der Waals surface area (Å²) < 4.78 is 1.94. The maximum atomic E-state index is 11.5. The molecule has 0 unspecified atom stereocenters. The van der Waals surface area contributed by atoms with E-state index in [-0.39, 0.29) is 11.9 Å². The van der Waals surface area contributed by atoms with Crippen LogP contribution in [-0.2, 0) is 4.79 Å². The summed E-state index contributed by atoms with van der Waals surface area (Å²) in [6.45, 7) is 7.99. The van der Waals surface area contributed by atoms with Gasteiger partial charge in [-0.1, -0.05) is 68.4 Å². The van der Waals surface area contributed by atoms with E-state index in [0.29, 0.717) is 17.6 Å². The van der Waals surface area contributed by atoms with Crippen molar-refractivity contribution < 1.29 is 4.79 Å². The van der Waals surface area contributed by atoms with Gasteiger partial charge in [0.15, 0.2) is 17.5 Å². The lowest BCUT2D eigenvalue weighted by molar-refractivity contribution is -0.114. The summed E-state index contributed by atoms with van der Waals surface area (Å²) >= 11 is 0. The molecule has 0 aliphatic carbocycles. The Morgan fingerprint density at radius 2 is 1.50 bits per heavy atom. The first-order chi connectivity index (χ1) is 21.4. The van der Waals surface area contributed by atoms with E-state index >= 15 is 0 Å². The summed E-state index contributed by atoms with van der Waals surface area (Å²) in [5, 5.41) is 11.4. The fourth-order valence-corrected chi connectivity index (χ4v) is 5.90. The zero-order valence-corrected chi connectivity index (χ0v) is 25.1. The molecule has 8 nitrogen and oxygen atoms in total. The zero-order valence-electron chi connectivity index (χ0n) is 25.1. The summed E-state index contributed by atoms with van der Waals surface area (Å²) in [6.07, 6.45) is 0. The molecule has 218 valence electrons. The Morgan fingerprint density at radius 3 is 2.20 bits per heavy atom. The number of aromatic nitrogens is 2. The molecule has 7 rings (SSSR count). The van der Waals surface area contributed by atoms with Gasteiger partial charge in [-0.05, 0) is 72.5 Å². The van der Waals surface area contributed by atoms with E-state index in [4.69, 9.17) is 15.1 Å². The Kier molecular flexibility index (Phi) is 6.81. The number of carbonyl (C=O) groups excluding carboxylic acids is 1. The van der Waals surface area contributed by atoms with Crippen molar-refractivity contribution in [2.75, 3.05) is 15.5 Å². The second-order valence-corrected chi connectivity index (χ2v) is 11.4. The number of carbonyl (C=O) groups is 1. The Labute approximate surface area is 256 Å². The fourth-order valence-electron chi connectivity index (χ4n) is 5.90. The van der Waals surface area contributed by atoms with Crippen molar-refractivity contribution in [3.63, 3.8) is 0 Å². The van der Waals surface area contributed by atoms with Crippen LogP contribution in [0.25, 0.3) is 5.69 Å². The Balaban J connectivity index is 1.42. The number of amides is 1. The number of nitrogens with one attached hydrogen (secondary N) is 2. The number of rotatable bonds is 5. The van der Waals surface area contributed by atoms with Crippen molar-refractivity contribution in [1.82, 2.24) is 9.78 Å². The predicted octanol–water partition coefficient (Wildman–Crippen LogP) is 8.06. The SMILES string of the molecule is CC(=O)Nc1ccc(NC2=Nc3ccccc3N3C2=Nc2c(c(C)nn2-c2ccccc2)[C@@H]3c2ccc(C(C)C)cc2)cc1. The molecule has 5 aromatic rings. The third-order valence-electron chi connectivity index (χ3n) is 8.03. The lowest BCUT2D eigenvalue weighted by atomic mass is 9.91. The molecular weight excluding hydrogens is 546 g/mol. The van der Waals surface area contributed by atoms with Gasteiger partial charge in [-0.25, -0.2) is 14.7 Å². The van der Waals surface area contributed by atoms with Gasteiger partial charge in [0.05, 0.1) is 28.8 Å². The maximum Gasteiger partial charge on any atom is 0.221 e. The summed E-state index contributed by atoms with van der Waals surface area (Å²) in [4.78, 5) is 24.2. The first-order valence-electron chi connectivity index (χ1n) is 14.8. The molecule has 2 N–H and O–H groups in total. The van der Waals surface area contributed by atoms with Crippen LogP contribution in [0.3, 0.4) is 0 Å². The van der Waals surface area contributed by atoms with Gasteiger partial charge >= 0.3 is 0 Å². The molecule has 3 heterocycles. The minimum absolute atomic E-state index is 0.111. The average Bonchev–Trinajstić information content (AvgIpc) is 3.37. The third-order valence-corrected chi connectivity index (χ3v) is 8.03. The number of anilines is 3. The van der Waals surface area contributed by atoms with Crippen LogP contribution in [0, 0.1) is 6.92 Å². The highest BCUT2D eigenvalue weighted by Crippen LogP contribution is 2.48. The van der Waals surface area contributed by atoms with E-state index in [1.165, 1.54) is 12.5 Å². The number of benzene rings is 4. The molecule has 0 saturated heterocycles. The van der Waals surface area contributed by atoms with Crippen LogP contribution in [0.2, 0.25) is 0 Å². The molecule has 4 aromatic carbocycles. The molecule has 2 aliphatic heterocycles. The van der Waals surface area contributed by atoms with E-state index in [1.54, 1.807) is 0 Å². The molecule has 0 radical (unpaired) electrons. The summed E-state index contributed by atoms with van der Waals surface area (Å²) in [6, 6.07) is 34.6. The highest BCUT2D eigenvalue weighted by Gasteiger charge is 2.41. The van der Waals surface area contributed by atoms with Crippen molar-refractivity contribution in [2.45, 2.75) is 39.7 Å². The number of amidine groups is 2. The molecule has 1 amide bonds. The number of nitrogens with zero attached hydrogens (tertiary/aromatic N) is 5. The van der Waals surface area contributed by atoms with Gasteiger partial charge in [-0.3, -0.25) is 4.79 Å². The largest absolute Gasteiger partial charge is 0.337 e. The zero-order chi connectivity index (χ0) is 30.4. The summed E-state index contributed by atoms with van der Waals surface area (Å²) in [7, 11) is 0. The third kappa shape index (κ3) is 4.84. The molecule has 1 atom stereocenters. The smallest absolute Gasteiger partial charge is 0.221 e. The first kappa shape index (κ1) is 27.3. The Hall–Kier alpha value is -5.50. The molecule has 2 aliphatic rings. The highest BCUT2D eigenvalue weighted by molar-refractivity contribution is 6.51. The van der Waals surface area contributed by atoms with E-state index < -0.39 is 0 Å². The van der Waals surface area contributed by atoms with Crippen LogP contribution in [0.5, 0.6) is 0 Å². The fraction of sp³-hybridized carbons (Fsp3) is 0.167. The van der Waals surface area contributed by atoms with Crippen molar-refractivity contribution in [2.24, 2.45) is 9.98 Å². The second kappa shape index (κ2) is 11.0. The standard InChI is InChI=1S/C36H33N7O/c1-22(2)25-14-16-26(17-15-25)33-32-23(3)41-43(29-10-6-5-7-11-29)35(32)40-36-34(39-30-12-8-9-13-31(30)42(33)36)38-28-20-18-27(19-21-28)37-24(4)44/h5-22,33H,1-4H3,(H,37,44)(H,38,39)/t33-/m0/s1. The van der Waals surface area contributed by atoms with Crippen LogP contribution in [0.1, 0.15) is 55.1 Å². The molecule has 0 bridgehead atoms. The molecule has 8 heteroatoms. The van der Waals surface area contributed by atoms with Crippen LogP contribution >= 0.6 is 0 Å². The van der Waals surface area contributed by atoms with Gasteiger partial charge in [-0.15, -0.1) is 0 Å². The number of aliphatic imine (C=N–C) groups is 2. The predicted molar refractivity (Wildman–Crippen MR) is 178 cm³/mol. The highest BCUT2D eigenvalue weighted by atomic mass is 16.1. The van der Waals surface area contributed by atoms with E-state index in [9.17, 15) is 4.79 Å². The van der Waals surface area contributed by atoms with E-state index in [2.05, 4.69) is 66.6 Å². The van der Waals surface area contributed by atoms with Crippen molar-refractivity contribution in [1.29, 1.82) is 0 Å². The van der Waals surface area contributed by atoms with Gasteiger partial charge in [0.1, 0.15) is 0 Å². The summed E-state index contributed by atoms with van der Waals surface area (Å²) in [5.41, 5.74) is 8.76. The van der Waals surface area contributed by atoms with Crippen molar-refractivity contribution >= 4 is 46.1 Å². The van der Waals surface area contributed by atoms with Gasteiger partial charge in [-0.2, -0.15) is 5.10 Å². The summed E-state index contributed by atoms with van der Waals surface area (Å²) in [5.74, 6) is 2.44. The Bertz CT molecular complexity index is 1920. The van der Waals surface area contributed by atoms with Crippen LogP contribution in [0.15, 0.2) is 113 Å². The normalized spacial score (nSPS) is 15.1.